The monoisotopic (exact) mass is 365 g/mol. The van der Waals surface area contributed by atoms with Crippen LogP contribution in [0.3, 0.4) is 0 Å². The number of aliphatic imine (C=N–C) groups is 1. The first-order valence-electron chi connectivity index (χ1n) is 6.76. The summed E-state index contributed by atoms with van der Waals surface area (Å²) < 4.78 is 64.9. The Balaban J connectivity index is 2.52. The molecule has 0 aromatic heterocycles. The molecule has 0 saturated carbocycles. The topological polar surface area (TPSA) is 93.8 Å². The third kappa shape index (κ3) is 5.76. The molecule has 0 amide bonds. The smallest absolute Gasteiger partial charge is 0.492 e. The second kappa shape index (κ2) is 8.04. The van der Waals surface area contributed by atoms with Crippen molar-refractivity contribution in [3.05, 3.63) is 36.4 Å². The van der Waals surface area contributed by atoms with Crippen LogP contribution in [-0.4, -0.2) is 39.6 Å². The van der Waals surface area contributed by atoms with E-state index in [0.29, 0.717) is 13.1 Å². The number of hydrogen-bond acceptors (Lipinski definition) is 4. The van der Waals surface area contributed by atoms with E-state index in [9.17, 15) is 21.6 Å². The predicted molar refractivity (Wildman–Crippen MR) is 84.5 cm³/mol. The van der Waals surface area contributed by atoms with E-state index >= 15 is 0 Å². The number of benzene rings is 1. The zero-order valence-corrected chi connectivity index (χ0v) is 13.7. The summed E-state index contributed by atoms with van der Waals surface area (Å²) in [4.78, 5) is 3.15. The lowest BCUT2D eigenvalue weighted by Gasteiger charge is -2.10. The minimum atomic E-state index is -5.35. The molecular formula is C14H18F3N3O3S. The number of nitrogens with one attached hydrogen (secondary N) is 1. The van der Waals surface area contributed by atoms with Crippen LogP contribution in [0.4, 0.5) is 13.2 Å². The molecule has 0 heterocycles. The first kappa shape index (κ1) is 19.8. The van der Waals surface area contributed by atoms with E-state index in [1.54, 1.807) is 0 Å². The van der Waals surface area contributed by atoms with Crippen LogP contribution in [-0.2, 0) is 9.84 Å². The van der Waals surface area contributed by atoms with Crippen LogP contribution < -0.4 is 15.8 Å². The van der Waals surface area contributed by atoms with E-state index in [1.807, 2.05) is 6.92 Å². The number of nitrogens with two attached hydrogens (primary N) is 1. The van der Waals surface area contributed by atoms with Crippen LogP contribution >= 0.6 is 0 Å². The van der Waals surface area contributed by atoms with Gasteiger partial charge in [0, 0.05) is 0 Å². The molecule has 3 N–H and O–H groups in total. The number of alkyl halides is 3. The Morgan fingerprint density at radius 3 is 2.42 bits per heavy atom. The summed E-state index contributed by atoms with van der Waals surface area (Å²) in [5.41, 5.74) is 1.10. The fourth-order valence-electron chi connectivity index (χ4n) is 1.47. The largest absolute Gasteiger partial charge is 0.501 e. The van der Waals surface area contributed by atoms with Gasteiger partial charge in [-0.05, 0) is 31.2 Å². The molecule has 0 atom stereocenters. The highest BCUT2D eigenvalue weighted by Gasteiger charge is 2.46. The van der Waals surface area contributed by atoms with Gasteiger partial charge >= 0.3 is 5.51 Å². The zero-order valence-electron chi connectivity index (χ0n) is 12.9. The van der Waals surface area contributed by atoms with Gasteiger partial charge in [-0.1, -0.05) is 12.2 Å². The van der Waals surface area contributed by atoms with E-state index in [0.717, 1.165) is 29.8 Å². The highest BCUT2D eigenvalue weighted by Crippen LogP contribution is 2.30. The van der Waals surface area contributed by atoms with Crippen molar-refractivity contribution < 1.29 is 26.3 Å². The minimum absolute atomic E-state index is 0.161. The normalized spacial score (nSPS) is 12.8. The Bertz CT molecular complexity index is 698. The van der Waals surface area contributed by atoms with Gasteiger partial charge in [-0.2, -0.15) is 13.2 Å². The molecule has 6 nitrogen and oxygen atoms in total. The summed E-state index contributed by atoms with van der Waals surface area (Å²) in [6, 6.07) is 3.98. The van der Waals surface area contributed by atoms with Gasteiger partial charge in [-0.25, -0.2) is 13.4 Å². The Kier molecular flexibility index (Phi) is 6.64. The average Bonchev–Trinajstić information content (AvgIpc) is 2.49. The summed E-state index contributed by atoms with van der Waals surface area (Å²) in [6.07, 6.45) is 0. The number of nitrogens with zero attached hydrogens (tertiary/aromatic N) is 1. The van der Waals surface area contributed by atoms with Crippen LogP contribution in [0.25, 0.3) is 0 Å². The lowest BCUT2D eigenvalue weighted by atomic mass is 10.3. The second-order valence-corrected chi connectivity index (χ2v) is 6.80. The molecule has 10 heteroatoms. The van der Waals surface area contributed by atoms with Gasteiger partial charge in [0.2, 0.25) is 0 Å². The second-order valence-electron chi connectivity index (χ2n) is 4.85. The summed E-state index contributed by atoms with van der Waals surface area (Å²) in [5.74, 6) is 0.448. The summed E-state index contributed by atoms with van der Waals surface area (Å²) in [7, 11) is -5.35. The third-order valence-electron chi connectivity index (χ3n) is 2.63. The van der Waals surface area contributed by atoms with Gasteiger partial charge in [-0.3, -0.25) is 0 Å². The van der Waals surface area contributed by atoms with E-state index in [-0.39, 0.29) is 18.3 Å². The van der Waals surface area contributed by atoms with Crippen molar-refractivity contribution in [2.24, 2.45) is 10.7 Å². The van der Waals surface area contributed by atoms with Gasteiger partial charge in [0.05, 0.1) is 18.0 Å². The molecule has 0 aliphatic rings. The van der Waals surface area contributed by atoms with Crippen LogP contribution in [0.5, 0.6) is 5.75 Å². The minimum Gasteiger partial charge on any atom is -0.492 e. The number of ether oxygens (including phenoxy) is 1. The lowest BCUT2D eigenvalue weighted by molar-refractivity contribution is -0.0436. The summed E-state index contributed by atoms with van der Waals surface area (Å²) in [6.45, 7) is 6.36. The van der Waals surface area contributed by atoms with E-state index in [2.05, 4.69) is 16.9 Å². The molecule has 0 saturated heterocycles. The highest BCUT2D eigenvalue weighted by atomic mass is 32.2. The predicted octanol–water partition coefficient (Wildman–Crippen LogP) is 1.84. The molecule has 134 valence electrons. The Hall–Kier alpha value is -2.23. The first-order chi connectivity index (χ1) is 11.0. The van der Waals surface area contributed by atoms with Crippen molar-refractivity contribution in [3.8, 4) is 5.75 Å². The molecule has 0 unspecified atom stereocenters. The molecule has 1 aromatic carbocycles. The van der Waals surface area contributed by atoms with Crippen molar-refractivity contribution in [3.63, 3.8) is 0 Å². The third-order valence-corrected chi connectivity index (χ3v) is 4.14. The van der Waals surface area contributed by atoms with Gasteiger partial charge in [-0.15, -0.1) is 0 Å². The molecule has 1 aromatic rings. The number of sulfone groups is 1. The van der Waals surface area contributed by atoms with Gasteiger partial charge in [0.25, 0.3) is 9.84 Å². The summed E-state index contributed by atoms with van der Waals surface area (Å²) >= 11 is 0. The molecule has 0 spiro atoms. The molecule has 0 radical (unpaired) electrons. The maximum atomic E-state index is 12.4. The Morgan fingerprint density at radius 1 is 1.33 bits per heavy atom. The van der Waals surface area contributed by atoms with Crippen LogP contribution in [0, 0.1) is 0 Å². The van der Waals surface area contributed by atoms with Crippen LogP contribution in [0.15, 0.2) is 46.3 Å². The van der Waals surface area contributed by atoms with Crippen molar-refractivity contribution >= 4 is 15.8 Å². The van der Waals surface area contributed by atoms with Crippen molar-refractivity contribution in [2.45, 2.75) is 17.3 Å². The van der Waals surface area contributed by atoms with Gasteiger partial charge in [0.15, 0.2) is 5.96 Å². The average molecular weight is 365 g/mol. The van der Waals surface area contributed by atoms with Crippen LogP contribution in [0.1, 0.15) is 6.92 Å². The Labute approximate surface area is 138 Å². The van der Waals surface area contributed by atoms with Crippen molar-refractivity contribution in [1.29, 1.82) is 0 Å². The quantitative estimate of drug-likeness (QED) is 0.333. The summed E-state index contributed by atoms with van der Waals surface area (Å²) in [5, 5.41) is 2.78. The lowest BCUT2D eigenvalue weighted by Crippen LogP contribution is -2.34. The maximum Gasteiger partial charge on any atom is 0.501 e. The standard InChI is InChI=1S/C14H18F3N3O3S/c1-10(2)9-20-13(18)19-7-8-23-11-3-5-12(6-4-11)24(21,22)14(15,16)17/h3-6H,1,7-9H2,2H3,(H3,18,19,20). The number of halogens is 3. The molecule has 0 fully saturated rings. The fourth-order valence-corrected chi connectivity index (χ4v) is 2.23. The maximum absolute atomic E-state index is 12.4. The zero-order chi connectivity index (χ0) is 18.4. The number of hydrogen-bond donors (Lipinski definition) is 2. The molecule has 1 rings (SSSR count). The SMILES string of the molecule is C=C(C)CN=C(N)NCCOc1ccc(S(=O)(=O)C(F)(F)F)cc1. The van der Waals surface area contributed by atoms with E-state index in [1.165, 1.54) is 0 Å². The first-order valence-corrected chi connectivity index (χ1v) is 8.25. The number of rotatable bonds is 7. The molecular weight excluding hydrogens is 347 g/mol. The molecule has 0 aliphatic carbocycles. The molecule has 0 bridgehead atoms. The van der Waals surface area contributed by atoms with Crippen LogP contribution in [0.2, 0.25) is 0 Å². The van der Waals surface area contributed by atoms with Gasteiger partial charge < -0.3 is 15.8 Å². The van der Waals surface area contributed by atoms with E-state index < -0.39 is 20.2 Å². The highest BCUT2D eigenvalue weighted by molar-refractivity contribution is 7.92. The molecule has 0 aliphatic heterocycles. The fraction of sp³-hybridized carbons (Fsp3) is 0.357. The Morgan fingerprint density at radius 2 is 1.92 bits per heavy atom. The molecule has 24 heavy (non-hydrogen) atoms. The number of guanidine groups is 1. The van der Waals surface area contributed by atoms with Gasteiger partial charge in [0.1, 0.15) is 12.4 Å². The van der Waals surface area contributed by atoms with Crippen molar-refractivity contribution in [1.82, 2.24) is 5.32 Å². The van der Waals surface area contributed by atoms with E-state index in [4.69, 9.17) is 10.5 Å². The van der Waals surface area contributed by atoms with Crippen molar-refractivity contribution in [2.75, 3.05) is 19.7 Å².